The van der Waals surface area contributed by atoms with Crippen molar-refractivity contribution in [1.29, 1.82) is 0 Å². The van der Waals surface area contributed by atoms with Gasteiger partial charge >= 0.3 is 0 Å². The highest BCUT2D eigenvalue weighted by Gasteiger charge is 2.27. The Morgan fingerprint density at radius 2 is 1.77 bits per heavy atom. The van der Waals surface area contributed by atoms with E-state index in [1.54, 1.807) is 31.4 Å². The lowest BCUT2D eigenvalue weighted by molar-refractivity contribution is -0.119. The SMILES string of the molecule is CCC(C)C(NC(=O)c1ccc(Cl)cc1)C(=O)Nc1nnc(-c2ccc(OC)cc2)s1. The molecule has 3 aromatic rings. The molecule has 2 unspecified atom stereocenters. The van der Waals surface area contributed by atoms with E-state index in [1.165, 1.54) is 11.3 Å². The standard InChI is InChI=1S/C22H23ClN4O3S/c1-4-13(2)18(24-19(28)14-5-9-16(23)10-6-14)20(29)25-22-27-26-21(31-22)15-7-11-17(30-3)12-8-15/h5-13,18H,4H2,1-3H3,(H,24,28)(H,25,27,29). The lowest BCUT2D eigenvalue weighted by Crippen LogP contribution is -2.47. The number of methoxy groups -OCH3 is 1. The minimum atomic E-state index is -0.721. The number of hydrogen-bond acceptors (Lipinski definition) is 6. The van der Waals surface area contributed by atoms with Gasteiger partial charge in [0.05, 0.1) is 7.11 Å². The second kappa shape index (κ2) is 10.4. The van der Waals surface area contributed by atoms with Crippen molar-refractivity contribution >= 4 is 39.9 Å². The van der Waals surface area contributed by atoms with Gasteiger partial charge in [-0.2, -0.15) is 0 Å². The summed E-state index contributed by atoms with van der Waals surface area (Å²) < 4.78 is 5.16. The molecule has 0 aliphatic rings. The van der Waals surface area contributed by atoms with Gasteiger partial charge in [-0.15, -0.1) is 10.2 Å². The number of anilines is 1. The van der Waals surface area contributed by atoms with E-state index in [4.69, 9.17) is 16.3 Å². The number of amides is 2. The molecule has 0 radical (unpaired) electrons. The molecule has 162 valence electrons. The molecule has 9 heteroatoms. The first-order chi connectivity index (χ1) is 14.9. The van der Waals surface area contributed by atoms with Crippen LogP contribution < -0.4 is 15.4 Å². The number of benzene rings is 2. The van der Waals surface area contributed by atoms with E-state index in [0.29, 0.717) is 27.1 Å². The molecular weight excluding hydrogens is 436 g/mol. The number of nitrogens with one attached hydrogen (secondary N) is 2. The molecule has 0 fully saturated rings. The predicted molar refractivity (Wildman–Crippen MR) is 123 cm³/mol. The highest BCUT2D eigenvalue weighted by atomic mass is 35.5. The van der Waals surface area contributed by atoms with Crippen molar-refractivity contribution in [2.75, 3.05) is 12.4 Å². The number of halogens is 1. The number of carbonyl (C=O) groups is 2. The third-order valence-corrected chi connectivity index (χ3v) is 6.02. The van der Waals surface area contributed by atoms with E-state index in [1.807, 2.05) is 38.1 Å². The van der Waals surface area contributed by atoms with E-state index in [9.17, 15) is 9.59 Å². The van der Waals surface area contributed by atoms with Gasteiger partial charge in [-0.05, 0) is 54.4 Å². The van der Waals surface area contributed by atoms with Crippen molar-refractivity contribution in [2.45, 2.75) is 26.3 Å². The molecule has 3 rings (SSSR count). The van der Waals surface area contributed by atoms with Gasteiger partial charge in [-0.3, -0.25) is 14.9 Å². The molecular formula is C22H23ClN4O3S. The maximum Gasteiger partial charge on any atom is 0.251 e. The van der Waals surface area contributed by atoms with Crippen LogP contribution in [-0.2, 0) is 4.79 Å². The largest absolute Gasteiger partial charge is 0.497 e. The molecule has 2 amide bonds. The summed E-state index contributed by atoms with van der Waals surface area (Å²) in [6, 6.07) is 13.2. The highest BCUT2D eigenvalue weighted by molar-refractivity contribution is 7.18. The van der Waals surface area contributed by atoms with Gasteiger partial charge in [-0.1, -0.05) is 43.2 Å². The van der Waals surface area contributed by atoms with Crippen LogP contribution in [0.4, 0.5) is 5.13 Å². The second-order valence-electron chi connectivity index (χ2n) is 6.97. The Labute approximate surface area is 189 Å². The molecule has 2 aromatic carbocycles. The predicted octanol–water partition coefficient (Wildman–Crippen LogP) is 4.65. The van der Waals surface area contributed by atoms with Crippen LogP contribution in [0.15, 0.2) is 48.5 Å². The summed E-state index contributed by atoms with van der Waals surface area (Å²) in [5, 5.41) is 15.4. The summed E-state index contributed by atoms with van der Waals surface area (Å²) in [5.41, 5.74) is 1.30. The molecule has 31 heavy (non-hydrogen) atoms. The van der Waals surface area contributed by atoms with Gasteiger partial charge in [0, 0.05) is 16.1 Å². The molecule has 0 spiro atoms. The van der Waals surface area contributed by atoms with Gasteiger partial charge < -0.3 is 10.1 Å². The molecule has 2 atom stereocenters. The molecule has 7 nitrogen and oxygen atoms in total. The maximum absolute atomic E-state index is 12.9. The summed E-state index contributed by atoms with van der Waals surface area (Å²) in [6.07, 6.45) is 0.714. The topological polar surface area (TPSA) is 93.2 Å². The molecule has 1 heterocycles. The Morgan fingerprint density at radius 3 is 2.39 bits per heavy atom. The van der Waals surface area contributed by atoms with E-state index < -0.39 is 6.04 Å². The summed E-state index contributed by atoms with van der Waals surface area (Å²) in [4.78, 5) is 25.6. The lowest BCUT2D eigenvalue weighted by atomic mass is 9.98. The average Bonchev–Trinajstić information content (AvgIpc) is 3.25. The van der Waals surface area contributed by atoms with E-state index in [2.05, 4.69) is 20.8 Å². The first-order valence-corrected chi connectivity index (χ1v) is 11.0. The number of aromatic nitrogens is 2. The van der Waals surface area contributed by atoms with Crippen molar-refractivity contribution in [3.63, 3.8) is 0 Å². The fourth-order valence-corrected chi connectivity index (χ4v) is 3.71. The van der Waals surface area contributed by atoms with E-state index in [0.717, 1.165) is 11.3 Å². The number of hydrogen-bond donors (Lipinski definition) is 2. The van der Waals surface area contributed by atoms with Crippen LogP contribution in [0.1, 0.15) is 30.6 Å². The second-order valence-corrected chi connectivity index (χ2v) is 8.39. The Balaban J connectivity index is 1.71. The fourth-order valence-electron chi connectivity index (χ4n) is 2.83. The summed E-state index contributed by atoms with van der Waals surface area (Å²) >= 11 is 7.14. The molecule has 0 saturated carbocycles. The average molecular weight is 459 g/mol. The first-order valence-electron chi connectivity index (χ1n) is 9.76. The summed E-state index contributed by atoms with van der Waals surface area (Å²) in [6.45, 7) is 3.88. The molecule has 0 aliphatic heterocycles. The monoisotopic (exact) mass is 458 g/mol. The van der Waals surface area contributed by atoms with Gasteiger partial charge in [0.15, 0.2) is 0 Å². The molecule has 0 saturated heterocycles. The Bertz CT molecular complexity index is 1040. The molecule has 0 aliphatic carbocycles. The number of ether oxygens (including phenoxy) is 1. The maximum atomic E-state index is 12.9. The van der Waals surface area contributed by atoms with Crippen molar-refractivity contribution in [3.8, 4) is 16.3 Å². The van der Waals surface area contributed by atoms with Crippen LogP contribution in [0, 0.1) is 5.92 Å². The summed E-state index contributed by atoms with van der Waals surface area (Å²) in [5.74, 6) is -0.0118. The quantitative estimate of drug-likeness (QED) is 0.512. The number of carbonyl (C=O) groups excluding carboxylic acids is 2. The van der Waals surface area contributed by atoms with Crippen molar-refractivity contribution in [3.05, 3.63) is 59.1 Å². The number of nitrogens with zero attached hydrogens (tertiary/aromatic N) is 2. The zero-order chi connectivity index (χ0) is 22.4. The normalized spacial score (nSPS) is 12.6. The third kappa shape index (κ3) is 5.80. The fraction of sp³-hybridized carbons (Fsp3) is 0.273. The van der Waals surface area contributed by atoms with Crippen molar-refractivity contribution in [1.82, 2.24) is 15.5 Å². The Morgan fingerprint density at radius 1 is 1.10 bits per heavy atom. The zero-order valence-corrected chi connectivity index (χ0v) is 19.0. The smallest absolute Gasteiger partial charge is 0.251 e. The van der Waals surface area contributed by atoms with Crippen LogP contribution in [0.2, 0.25) is 5.02 Å². The lowest BCUT2D eigenvalue weighted by Gasteiger charge is -2.23. The van der Waals surface area contributed by atoms with Gasteiger partial charge in [-0.25, -0.2) is 0 Å². The van der Waals surface area contributed by atoms with Gasteiger partial charge in [0.2, 0.25) is 11.0 Å². The summed E-state index contributed by atoms with van der Waals surface area (Å²) in [7, 11) is 1.60. The third-order valence-electron chi connectivity index (χ3n) is 4.88. The van der Waals surface area contributed by atoms with Crippen LogP contribution in [0.5, 0.6) is 5.75 Å². The van der Waals surface area contributed by atoms with Crippen molar-refractivity contribution in [2.24, 2.45) is 5.92 Å². The minimum Gasteiger partial charge on any atom is -0.497 e. The highest BCUT2D eigenvalue weighted by Crippen LogP contribution is 2.28. The van der Waals surface area contributed by atoms with Gasteiger partial charge in [0.1, 0.15) is 16.8 Å². The van der Waals surface area contributed by atoms with Crippen LogP contribution in [0.25, 0.3) is 10.6 Å². The van der Waals surface area contributed by atoms with Crippen LogP contribution in [-0.4, -0.2) is 35.2 Å². The molecule has 1 aromatic heterocycles. The van der Waals surface area contributed by atoms with E-state index in [-0.39, 0.29) is 17.7 Å². The Kier molecular flexibility index (Phi) is 7.59. The Hall–Kier alpha value is -2.97. The minimum absolute atomic E-state index is 0.0785. The van der Waals surface area contributed by atoms with Crippen LogP contribution in [0.3, 0.4) is 0 Å². The van der Waals surface area contributed by atoms with Crippen LogP contribution >= 0.6 is 22.9 Å². The first kappa shape index (κ1) is 22.7. The van der Waals surface area contributed by atoms with Gasteiger partial charge in [0.25, 0.3) is 5.91 Å². The van der Waals surface area contributed by atoms with Crippen molar-refractivity contribution < 1.29 is 14.3 Å². The molecule has 2 N–H and O–H groups in total. The number of rotatable bonds is 8. The van der Waals surface area contributed by atoms with E-state index >= 15 is 0 Å². The zero-order valence-electron chi connectivity index (χ0n) is 17.4. The molecule has 0 bridgehead atoms.